The number of nitrogens with zero attached hydrogens (tertiary/aromatic N) is 1. The first-order valence-electron chi connectivity index (χ1n) is 20.1. The van der Waals surface area contributed by atoms with Crippen molar-refractivity contribution in [1.29, 1.82) is 0 Å². The molecule has 51 heavy (non-hydrogen) atoms. The molecule has 0 aliphatic carbocycles. The number of quaternary nitrogens is 1. The lowest BCUT2D eigenvalue weighted by molar-refractivity contribution is -0.919. The molecule has 0 saturated heterocycles. The first-order chi connectivity index (χ1) is 24.3. The maximum atomic E-state index is 10.8. The van der Waals surface area contributed by atoms with Gasteiger partial charge in [0.1, 0.15) is 74.6 Å². The van der Waals surface area contributed by atoms with Crippen LogP contribution in [-0.4, -0.2) is 169 Å². The molecule has 0 radical (unpaired) electrons. The molecule has 0 aliphatic heterocycles. The minimum absolute atomic E-state index is 0.0536. The molecule has 0 rings (SSSR count). The van der Waals surface area contributed by atoms with E-state index in [0.29, 0.717) is 6.61 Å². The van der Waals surface area contributed by atoms with Gasteiger partial charge in [0.25, 0.3) is 0 Å². The van der Waals surface area contributed by atoms with Crippen LogP contribution in [0.2, 0.25) is 0 Å². The van der Waals surface area contributed by atoms with Gasteiger partial charge in [-0.1, -0.05) is 129 Å². The van der Waals surface area contributed by atoms with Gasteiger partial charge in [0, 0.05) is 6.61 Å². The van der Waals surface area contributed by atoms with Crippen LogP contribution in [-0.2, 0) is 4.74 Å². The normalized spacial score (nSPS) is 17.8. The molecule has 9 atom stereocenters. The molecule has 0 aromatic carbocycles. The predicted molar refractivity (Wildman–Crippen MR) is 198 cm³/mol. The van der Waals surface area contributed by atoms with Gasteiger partial charge in [0.05, 0.1) is 26.9 Å². The van der Waals surface area contributed by atoms with E-state index < -0.39 is 68.1 Å². The number of aliphatic hydroxyl groups is 11. The first-order valence-corrected chi connectivity index (χ1v) is 20.1. The van der Waals surface area contributed by atoms with E-state index >= 15 is 0 Å². The minimum atomic E-state index is -1.89. The zero-order valence-electron chi connectivity index (χ0n) is 32.1. The fourth-order valence-electron chi connectivity index (χ4n) is 6.71. The second-order valence-electron chi connectivity index (χ2n) is 15.2. The van der Waals surface area contributed by atoms with Crippen LogP contribution in [0.4, 0.5) is 0 Å². The highest BCUT2D eigenvalue weighted by Crippen LogP contribution is 2.18. The average molecular weight is 743 g/mol. The molecule has 308 valence electrons. The zero-order valence-corrected chi connectivity index (χ0v) is 32.1. The summed E-state index contributed by atoms with van der Waals surface area (Å²) in [5.41, 5.74) is 0. The molecule has 11 N–H and O–H groups in total. The summed E-state index contributed by atoms with van der Waals surface area (Å²) in [5.74, 6) is 0. The van der Waals surface area contributed by atoms with E-state index in [1.165, 1.54) is 116 Å². The molecule has 0 amide bonds. The van der Waals surface area contributed by atoms with Crippen molar-refractivity contribution < 1.29 is 65.4 Å². The van der Waals surface area contributed by atoms with Gasteiger partial charge < -0.3 is 65.4 Å². The van der Waals surface area contributed by atoms with Crippen molar-refractivity contribution in [3.8, 4) is 0 Å². The summed E-state index contributed by atoms with van der Waals surface area (Å²) in [5, 5.41) is 110. The highest BCUT2D eigenvalue weighted by molar-refractivity contribution is 4.83. The molecule has 1 unspecified atom stereocenters. The Morgan fingerprint density at radius 2 is 0.706 bits per heavy atom. The van der Waals surface area contributed by atoms with Gasteiger partial charge in [-0.3, -0.25) is 0 Å². The molecule has 0 fully saturated rings. The molecule has 0 bridgehead atoms. The molecular formula is C38H80NO12+. The van der Waals surface area contributed by atoms with E-state index in [4.69, 9.17) is 14.9 Å². The largest absolute Gasteiger partial charge is 0.394 e. The second-order valence-corrected chi connectivity index (χ2v) is 15.2. The highest BCUT2D eigenvalue weighted by Gasteiger charge is 2.40. The topological polar surface area (TPSA) is 232 Å². The summed E-state index contributed by atoms with van der Waals surface area (Å²) in [6, 6.07) is 0. The Kier molecular flexibility index (Phi) is 31.5. The fourth-order valence-corrected chi connectivity index (χ4v) is 6.71. The number of hydrogen-bond donors (Lipinski definition) is 11. The standard InChI is InChI=1S/C38H80NO12/c1-3-4-5-6-7-8-9-10-11-12-13-14-15-16-17-18-19-20-21-22-23-51-29-30(42)24-39(2,25-31(43)35(47)37(49)33(45)27-40)26-32(44)36(48)38(50)34(46)28-41/h30-38,40-50H,3-29H2,1-2H3/q+1/t30?,31-,32-,33+,34+,35+,36+,37+,38+/m0/s1. The van der Waals surface area contributed by atoms with Gasteiger partial charge in [0.2, 0.25) is 0 Å². The van der Waals surface area contributed by atoms with Crippen LogP contribution in [0.1, 0.15) is 135 Å². The SMILES string of the molecule is CCCCCCCCCCCCCCCCCCCCCCOCC(O)C[N+](C)(C[C@H](O)[C@@H](O)[C@H](O)[C@H](O)CO)C[C@H](O)[C@@H](O)[C@H](O)[C@H](O)CO. The summed E-state index contributed by atoms with van der Waals surface area (Å²) < 4.78 is 5.28. The van der Waals surface area contributed by atoms with Crippen molar-refractivity contribution >= 4 is 0 Å². The molecule has 13 nitrogen and oxygen atoms in total. The average Bonchev–Trinajstić information content (AvgIpc) is 3.11. The smallest absolute Gasteiger partial charge is 0.131 e. The Balaban J connectivity index is 4.34. The lowest BCUT2D eigenvalue weighted by atomic mass is 9.99. The lowest BCUT2D eigenvalue weighted by Gasteiger charge is -2.41. The zero-order chi connectivity index (χ0) is 38.5. The van der Waals surface area contributed by atoms with Crippen LogP contribution in [0.25, 0.3) is 0 Å². The number of rotatable bonds is 37. The van der Waals surface area contributed by atoms with Crippen LogP contribution in [0.15, 0.2) is 0 Å². The Labute approximate surface area is 308 Å². The third kappa shape index (κ3) is 25.2. The van der Waals surface area contributed by atoms with E-state index in [2.05, 4.69) is 6.92 Å². The van der Waals surface area contributed by atoms with Crippen LogP contribution in [0.5, 0.6) is 0 Å². The number of aliphatic hydroxyl groups excluding tert-OH is 11. The third-order valence-corrected chi connectivity index (χ3v) is 10.0. The van der Waals surface area contributed by atoms with Crippen molar-refractivity contribution in [1.82, 2.24) is 0 Å². The molecule has 0 heterocycles. The number of hydrogen-bond acceptors (Lipinski definition) is 12. The number of ether oxygens (including phenoxy) is 1. The Hall–Kier alpha value is -0.520. The van der Waals surface area contributed by atoms with Gasteiger partial charge in [0.15, 0.2) is 0 Å². The first kappa shape index (κ1) is 50.5. The molecular weight excluding hydrogens is 662 g/mol. The van der Waals surface area contributed by atoms with Crippen LogP contribution < -0.4 is 0 Å². The van der Waals surface area contributed by atoms with Gasteiger partial charge >= 0.3 is 0 Å². The van der Waals surface area contributed by atoms with E-state index in [9.17, 15) is 46.0 Å². The molecule has 0 aliphatic rings. The Morgan fingerprint density at radius 1 is 0.412 bits per heavy atom. The summed E-state index contributed by atoms with van der Waals surface area (Å²) in [7, 11) is 1.50. The van der Waals surface area contributed by atoms with E-state index in [1.54, 1.807) is 0 Å². The van der Waals surface area contributed by atoms with Gasteiger partial charge in [-0.05, 0) is 6.42 Å². The van der Waals surface area contributed by atoms with Gasteiger partial charge in [-0.25, -0.2) is 0 Å². The van der Waals surface area contributed by atoms with Crippen molar-refractivity contribution in [2.75, 3.05) is 53.1 Å². The highest BCUT2D eigenvalue weighted by atomic mass is 16.5. The summed E-state index contributed by atoms with van der Waals surface area (Å²) in [4.78, 5) is 0. The van der Waals surface area contributed by atoms with Gasteiger partial charge in [-0.15, -0.1) is 0 Å². The lowest BCUT2D eigenvalue weighted by Crippen LogP contribution is -2.62. The molecule has 13 heteroatoms. The number of likely N-dealkylation sites (N-methyl/N-ethyl adjacent to an activating group) is 1. The van der Waals surface area contributed by atoms with Crippen molar-refractivity contribution in [3.63, 3.8) is 0 Å². The molecule has 0 spiro atoms. The van der Waals surface area contributed by atoms with Crippen LogP contribution in [0.3, 0.4) is 0 Å². The van der Waals surface area contributed by atoms with E-state index in [1.807, 2.05) is 0 Å². The summed E-state index contributed by atoms with van der Waals surface area (Å²) in [6.45, 7) is 0.0420. The quantitative estimate of drug-likeness (QED) is 0.0321. The second kappa shape index (κ2) is 31.8. The Bertz CT molecular complexity index is 738. The van der Waals surface area contributed by atoms with Crippen molar-refractivity contribution in [2.24, 2.45) is 0 Å². The minimum Gasteiger partial charge on any atom is -0.394 e. The van der Waals surface area contributed by atoms with Crippen molar-refractivity contribution in [3.05, 3.63) is 0 Å². The molecule has 0 aromatic rings. The van der Waals surface area contributed by atoms with Crippen LogP contribution >= 0.6 is 0 Å². The van der Waals surface area contributed by atoms with E-state index in [0.717, 1.165) is 19.3 Å². The van der Waals surface area contributed by atoms with Crippen molar-refractivity contribution in [2.45, 2.75) is 190 Å². The fraction of sp³-hybridized carbons (Fsp3) is 1.00. The molecule has 0 aromatic heterocycles. The third-order valence-electron chi connectivity index (χ3n) is 10.0. The summed E-state index contributed by atoms with van der Waals surface area (Å²) >= 11 is 0. The van der Waals surface area contributed by atoms with Crippen LogP contribution in [0, 0.1) is 0 Å². The monoisotopic (exact) mass is 743 g/mol. The predicted octanol–water partition coefficient (Wildman–Crippen LogP) is 1.50. The number of unbranched alkanes of at least 4 members (excludes halogenated alkanes) is 19. The molecule has 0 saturated carbocycles. The summed E-state index contributed by atoms with van der Waals surface area (Å²) in [6.07, 6.45) is 10.5. The maximum Gasteiger partial charge on any atom is 0.131 e. The maximum absolute atomic E-state index is 10.8. The van der Waals surface area contributed by atoms with Gasteiger partial charge in [-0.2, -0.15) is 0 Å². The van der Waals surface area contributed by atoms with E-state index in [-0.39, 0.29) is 30.7 Å². The Morgan fingerprint density at radius 3 is 1.02 bits per heavy atom.